The van der Waals surface area contributed by atoms with Gasteiger partial charge in [0.25, 0.3) is 0 Å². The van der Waals surface area contributed by atoms with Crippen LogP contribution < -0.4 is 5.32 Å². The molecule has 0 aliphatic carbocycles. The summed E-state index contributed by atoms with van der Waals surface area (Å²) in [6.07, 6.45) is 2.44. The number of rotatable bonds is 6. The molecule has 20 heavy (non-hydrogen) atoms. The SMILES string of the molecule is CCC(C)CN(C)C(=O)NCc1cc(C(=O)O)ccn1. The molecule has 1 heterocycles. The second kappa shape index (κ2) is 7.47. The number of carboxylic acids is 1. The lowest BCUT2D eigenvalue weighted by Gasteiger charge is -2.21. The zero-order chi connectivity index (χ0) is 15.1. The van der Waals surface area contributed by atoms with Crippen molar-refractivity contribution in [3.63, 3.8) is 0 Å². The van der Waals surface area contributed by atoms with Crippen LogP contribution in [0.15, 0.2) is 18.3 Å². The molecule has 0 saturated heterocycles. The summed E-state index contributed by atoms with van der Waals surface area (Å²) in [6, 6.07) is 2.69. The molecule has 0 bridgehead atoms. The first-order chi connectivity index (χ1) is 9.43. The average Bonchev–Trinajstić information content (AvgIpc) is 2.44. The van der Waals surface area contributed by atoms with Gasteiger partial charge in [0.2, 0.25) is 0 Å². The Kier molecular flexibility index (Phi) is 5.96. The van der Waals surface area contributed by atoms with Gasteiger partial charge in [0.1, 0.15) is 0 Å². The molecule has 6 heteroatoms. The first-order valence-corrected chi connectivity index (χ1v) is 6.61. The molecule has 0 spiro atoms. The van der Waals surface area contributed by atoms with E-state index in [1.54, 1.807) is 11.9 Å². The van der Waals surface area contributed by atoms with E-state index < -0.39 is 5.97 Å². The molecule has 6 nitrogen and oxygen atoms in total. The zero-order valence-corrected chi connectivity index (χ0v) is 12.1. The third kappa shape index (κ3) is 4.87. The topological polar surface area (TPSA) is 82.5 Å². The van der Waals surface area contributed by atoms with Gasteiger partial charge in [0.15, 0.2) is 0 Å². The predicted octanol–water partition coefficient (Wildman–Crippen LogP) is 1.97. The predicted molar refractivity (Wildman–Crippen MR) is 75.5 cm³/mol. The summed E-state index contributed by atoms with van der Waals surface area (Å²) in [5.74, 6) is -0.562. The number of carboxylic acid groups (broad SMARTS) is 1. The number of nitrogens with one attached hydrogen (secondary N) is 1. The first kappa shape index (κ1) is 15.9. The van der Waals surface area contributed by atoms with Gasteiger partial charge in [0.05, 0.1) is 17.8 Å². The summed E-state index contributed by atoms with van der Waals surface area (Å²) in [6.45, 7) is 5.06. The minimum Gasteiger partial charge on any atom is -0.478 e. The van der Waals surface area contributed by atoms with Crippen molar-refractivity contribution in [1.82, 2.24) is 15.2 Å². The number of amides is 2. The van der Waals surface area contributed by atoms with Gasteiger partial charge in [-0.15, -0.1) is 0 Å². The van der Waals surface area contributed by atoms with Gasteiger partial charge in [-0.2, -0.15) is 0 Å². The Morgan fingerprint density at radius 2 is 2.20 bits per heavy atom. The van der Waals surface area contributed by atoms with E-state index >= 15 is 0 Å². The number of carbonyl (C=O) groups excluding carboxylic acids is 1. The molecule has 0 radical (unpaired) electrons. The summed E-state index contributed by atoms with van der Waals surface area (Å²) < 4.78 is 0. The van der Waals surface area contributed by atoms with Gasteiger partial charge in [-0.1, -0.05) is 20.3 Å². The van der Waals surface area contributed by atoms with Gasteiger partial charge in [-0.25, -0.2) is 9.59 Å². The maximum Gasteiger partial charge on any atom is 0.335 e. The highest BCUT2D eigenvalue weighted by molar-refractivity contribution is 5.87. The minimum absolute atomic E-state index is 0.164. The average molecular weight is 279 g/mol. The number of carbonyl (C=O) groups is 2. The second-order valence-electron chi connectivity index (χ2n) is 4.89. The van der Waals surface area contributed by atoms with Gasteiger partial charge in [0, 0.05) is 19.8 Å². The third-order valence-corrected chi connectivity index (χ3v) is 3.11. The van der Waals surface area contributed by atoms with Crippen molar-refractivity contribution in [2.45, 2.75) is 26.8 Å². The number of aromatic carboxylic acids is 1. The number of pyridine rings is 1. The Balaban J connectivity index is 2.52. The van der Waals surface area contributed by atoms with E-state index in [1.165, 1.54) is 18.3 Å². The minimum atomic E-state index is -1.01. The molecule has 1 rings (SSSR count). The number of urea groups is 1. The summed E-state index contributed by atoms with van der Waals surface area (Å²) in [7, 11) is 1.74. The van der Waals surface area contributed by atoms with E-state index in [9.17, 15) is 9.59 Å². The van der Waals surface area contributed by atoms with E-state index in [2.05, 4.69) is 24.1 Å². The largest absolute Gasteiger partial charge is 0.478 e. The molecule has 2 amide bonds. The highest BCUT2D eigenvalue weighted by atomic mass is 16.4. The molecule has 1 aromatic rings. The van der Waals surface area contributed by atoms with Crippen molar-refractivity contribution in [2.24, 2.45) is 5.92 Å². The van der Waals surface area contributed by atoms with Gasteiger partial charge in [-0.05, 0) is 18.1 Å². The molecule has 2 N–H and O–H groups in total. The van der Waals surface area contributed by atoms with Gasteiger partial charge < -0.3 is 15.3 Å². The standard InChI is InChI=1S/C14H21N3O3/c1-4-10(2)9-17(3)14(20)16-8-12-7-11(13(18)19)5-6-15-12/h5-7,10H,4,8-9H2,1-3H3,(H,16,20)(H,18,19). The van der Waals surface area contributed by atoms with Crippen molar-refractivity contribution in [3.8, 4) is 0 Å². The molecule has 0 aromatic carbocycles. The zero-order valence-electron chi connectivity index (χ0n) is 12.1. The Hall–Kier alpha value is -2.11. The fourth-order valence-corrected chi connectivity index (χ4v) is 1.69. The fraction of sp³-hybridized carbons (Fsp3) is 0.500. The molecule has 0 saturated carbocycles. The maximum absolute atomic E-state index is 11.9. The first-order valence-electron chi connectivity index (χ1n) is 6.61. The quantitative estimate of drug-likeness (QED) is 0.834. The summed E-state index contributed by atoms with van der Waals surface area (Å²) >= 11 is 0. The van der Waals surface area contributed by atoms with Crippen LogP contribution in [0, 0.1) is 5.92 Å². The van der Waals surface area contributed by atoms with Crippen LogP contribution in [0.1, 0.15) is 36.3 Å². The fourth-order valence-electron chi connectivity index (χ4n) is 1.69. The van der Waals surface area contributed by atoms with Crippen molar-refractivity contribution in [1.29, 1.82) is 0 Å². The van der Waals surface area contributed by atoms with Crippen molar-refractivity contribution < 1.29 is 14.7 Å². The maximum atomic E-state index is 11.9. The smallest absolute Gasteiger partial charge is 0.335 e. The summed E-state index contributed by atoms with van der Waals surface area (Å²) in [5.41, 5.74) is 0.687. The highest BCUT2D eigenvalue weighted by Crippen LogP contribution is 2.04. The lowest BCUT2D eigenvalue weighted by atomic mass is 10.1. The van der Waals surface area contributed by atoms with Crippen LogP contribution in [-0.2, 0) is 6.54 Å². The van der Waals surface area contributed by atoms with E-state index in [4.69, 9.17) is 5.11 Å². The Bertz CT molecular complexity index is 476. The van der Waals surface area contributed by atoms with Gasteiger partial charge in [-0.3, -0.25) is 4.98 Å². The van der Waals surface area contributed by atoms with Crippen molar-refractivity contribution >= 4 is 12.0 Å². The number of nitrogens with zero attached hydrogens (tertiary/aromatic N) is 2. The number of aromatic nitrogens is 1. The van der Waals surface area contributed by atoms with Crippen LogP contribution in [0.5, 0.6) is 0 Å². The lowest BCUT2D eigenvalue weighted by Crippen LogP contribution is -2.39. The van der Waals surface area contributed by atoms with Crippen LogP contribution in [0.2, 0.25) is 0 Å². The van der Waals surface area contributed by atoms with E-state index in [1.807, 2.05) is 0 Å². The van der Waals surface area contributed by atoms with Crippen LogP contribution in [0.4, 0.5) is 4.79 Å². The molecule has 110 valence electrons. The molecule has 0 aliphatic heterocycles. The van der Waals surface area contributed by atoms with Crippen LogP contribution >= 0.6 is 0 Å². The number of hydrogen-bond donors (Lipinski definition) is 2. The van der Waals surface area contributed by atoms with Gasteiger partial charge >= 0.3 is 12.0 Å². The molecule has 1 unspecified atom stereocenters. The summed E-state index contributed by atoms with van der Waals surface area (Å²) in [4.78, 5) is 28.3. The Morgan fingerprint density at radius 3 is 2.80 bits per heavy atom. The van der Waals surface area contributed by atoms with E-state index in [-0.39, 0.29) is 18.1 Å². The van der Waals surface area contributed by atoms with Crippen LogP contribution in [0.25, 0.3) is 0 Å². The van der Waals surface area contributed by atoms with Crippen molar-refractivity contribution in [3.05, 3.63) is 29.6 Å². The van der Waals surface area contributed by atoms with Crippen LogP contribution in [0.3, 0.4) is 0 Å². The molecule has 1 aromatic heterocycles. The summed E-state index contributed by atoms with van der Waals surface area (Å²) in [5, 5.41) is 11.6. The molecule has 0 fully saturated rings. The molecular formula is C14H21N3O3. The third-order valence-electron chi connectivity index (χ3n) is 3.11. The monoisotopic (exact) mass is 279 g/mol. The highest BCUT2D eigenvalue weighted by Gasteiger charge is 2.11. The Labute approximate surface area is 118 Å². The Morgan fingerprint density at radius 1 is 1.50 bits per heavy atom. The normalized spacial score (nSPS) is 11.8. The van der Waals surface area contributed by atoms with Crippen LogP contribution in [-0.4, -0.2) is 40.6 Å². The van der Waals surface area contributed by atoms with Crippen molar-refractivity contribution in [2.75, 3.05) is 13.6 Å². The lowest BCUT2D eigenvalue weighted by molar-refractivity contribution is 0.0696. The second-order valence-corrected chi connectivity index (χ2v) is 4.89. The van der Waals surface area contributed by atoms with E-state index in [0.717, 1.165) is 6.42 Å². The molecule has 1 atom stereocenters. The molecular weight excluding hydrogens is 258 g/mol. The molecule has 0 aliphatic rings. The van der Waals surface area contributed by atoms with E-state index in [0.29, 0.717) is 18.2 Å². The number of hydrogen-bond acceptors (Lipinski definition) is 3.